The lowest BCUT2D eigenvalue weighted by Gasteiger charge is -2.40. The summed E-state index contributed by atoms with van der Waals surface area (Å²) in [4.78, 5) is 5.23. The molecule has 0 bridgehead atoms. The highest BCUT2D eigenvalue weighted by atomic mass is 35.5. The fourth-order valence-corrected chi connectivity index (χ4v) is 4.31. The fourth-order valence-electron chi connectivity index (χ4n) is 4.06. The Morgan fingerprint density at radius 1 is 0.833 bits per heavy atom. The SMILES string of the molecule is CCOc1ccccc1C1=N[C@@](C)(c2ccc(Cl)cc2)[C@@](C)(c2ccc(Cl)cc2)N1. The van der Waals surface area contributed by atoms with Crippen LogP contribution in [0, 0.1) is 0 Å². The monoisotopic (exact) mass is 438 g/mol. The quantitative estimate of drug-likeness (QED) is 0.488. The van der Waals surface area contributed by atoms with Crippen molar-refractivity contribution in [2.75, 3.05) is 6.61 Å². The van der Waals surface area contributed by atoms with Crippen molar-refractivity contribution < 1.29 is 4.74 Å². The summed E-state index contributed by atoms with van der Waals surface area (Å²) in [5, 5.41) is 5.12. The van der Waals surface area contributed by atoms with Crippen molar-refractivity contribution in [1.82, 2.24) is 5.32 Å². The third kappa shape index (κ3) is 3.46. The molecule has 3 aromatic carbocycles. The van der Waals surface area contributed by atoms with Crippen molar-refractivity contribution in [2.24, 2.45) is 4.99 Å². The Balaban J connectivity index is 1.89. The molecule has 0 fully saturated rings. The number of aliphatic imine (C=N–C) groups is 1. The highest BCUT2D eigenvalue weighted by molar-refractivity contribution is 6.30. The van der Waals surface area contributed by atoms with Gasteiger partial charge in [-0.25, -0.2) is 0 Å². The summed E-state index contributed by atoms with van der Waals surface area (Å²) < 4.78 is 5.87. The average molecular weight is 439 g/mol. The summed E-state index contributed by atoms with van der Waals surface area (Å²) in [5.74, 6) is 1.61. The van der Waals surface area contributed by atoms with Crippen LogP contribution in [0.5, 0.6) is 5.75 Å². The average Bonchev–Trinajstić information content (AvgIpc) is 3.02. The number of hydrogen-bond acceptors (Lipinski definition) is 3. The minimum Gasteiger partial charge on any atom is -0.493 e. The van der Waals surface area contributed by atoms with Gasteiger partial charge in [0.1, 0.15) is 17.1 Å². The van der Waals surface area contributed by atoms with E-state index in [9.17, 15) is 0 Å². The minimum absolute atomic E-state index is 0.514. The van der Waals surface area contributed by atoms with Crippen molar-refractivity contribution in [3.8, 4) is 5.75 Å². The third-order valence-electron chi connectivity index (χ3n) is 5.95. The van der Waals surface area contributed by atoms with E-state index in [0.717, 1.165) is 28.3 Å². The first-order chi connectivity index (χ1) is 14.4. The van der Waals surface area contributed by atoms with E-state index < -0.39 is 11.1 Å². The van der Waals surface area contributed by atoms with Gasteiger partial charge in [-0.2, -0.15) is 0 Å². The molecular weight excluding hydrogens is 415 g/mol. The number of rotatable bonds is 5. The second kappa shape index (κ2) is 7.98. The van der Waals surface area contributed by atoms with Gasteiger partial charge in [-0.1, -0.05) is 59.6 Å². The smallest absolute Gasteiger partial charge is 0.133 e. The van der Waals surface area contributed by atoms with Crippen LogP contribution in [0.4, 0.5) is 0 Å². The molecule has 4 rings (SSSR count). The van der Waals surface area contributed by atoms with Crippen LogP contribution in [0.25, 0.3) is 0 Å². The molecule has 2 atom stereocenters. The first kappa shape index (κ1) is 20.8. The predicted molar refractivity (Wildman–Crippen MR) is 125 cm³/mol. The Morgan fingerprint density at radius 3 is 2.00 bits per heavy atom. The van der Waals surface area contributed by atoms with Crippen LogP contribution in [-0.2, 0) is 11.1 Å². The Morgan fingerprint density at radius 2 is 1.40 bits per heavy atom. The molecule has 1 N–H and O–H groups in total. The maximum Gasteiger partial charge on any atom is 0.133 e. The van der Waals surface area contributed by atoms with Gasteiger partial charge in [0.15, 0.2) is 0 Å². The summed E-state index contributed by atoms with van der Waals surface area (Å²) in [7, 11) is 0. The molecule has 0 amide bonds. The molecule has 0 aromatic heterocycles. The number of hydrogen-bond donors (Lipinski definition) is 1. The lowest BCUT2D eigenvalue weighted by molar-refractivity contribution is 0.268. The highest BCUT2D eigenvalue weighted by Gasteiger charge is 2.52. The van der Waals surface area contributed by atoms with Crippen molar-refractivity contribution in [3.05, 3.63) is 99.5 Å². The van der Waals surface area contributed by atoms with Gasteiger partial charge in [0, 0.05) is 10.0 Å². The Kier molecular flexibility index (Phi) is 5.52. The van der Waals surface area contributed by atoms with Crippen LogP contribution in [-0.4, -0.2) is 12.4 Å². The molecule has 0 radical (unpaired) electrons. The molecule has 0 unspecified atom stereocenters. The molecule has 30 heavy (non-hydrogen) atoms. The van der Waals surface area contributed by atoms with Crippen molar-refractivity contribution >= 4 is 29.0 Å². The topological polar surface area (TPSA) is 33.6 Å². The van der Waals surface area contributed by atoms with E-state index in [4.69, 9.17) is 32.9 Å². The van der Waals surface area contributed by atoms with Gasteiger partial charge in [0.2, 0.25) is 0 Å². The maximum atomic E-state index is 6.17. The Bertz CT molecular complexity index is 1080. The van der Waals surface area contributed by atoms with Crippen molar-refractivity contribution in [2.45, 2.75) is 31.8 Å². The molecule has 0 spiro atoms. The number of nitrogens with one attached hydrogen (secondary N) is 1. The van der Waals surface area contributed by atoms with E-state index in [0.29, 0.717) is 16.7 Å². The molecule has 3 nitrogen and oxygen atoms in total. The number of halogens is 2. The number of benzene rings is 3. The van der Waals surface area contributed by atoms with Crippen molar-refractivity contribution in [1.29, 1.82) is 0 Å². The zero-order valence-corrected chi connectivity index (χ0v) is 18.8. The van der Waals surface area contributed by atoms with Gasteiger partial charge in [-0.15, -0.1) is 0 Å². The first-order valence-electron chi connectivity index (χ1n) is 10.00. The molecule has 0 saturated heterocycles. The van der Waals surface area contributed by atoms with Crippen LogP contribution >= 0.6 is 23.2 Å². The zero-order valence-electron chi connectivity index (χ0n) is 17.2. The number of ether oxygens (including phenoxy) is 1. The van der Waals surface area contributed by atoms with E-state index in [1.807, 2.05) is 67.6 Å². The molecular formula is C25H24Cl2N2O. The molecule has 154 valence electrons. The van der Waals surface area contributed by atoms with E-state index in [2.05, 4.69) is 31.3 Å². The lowest BCUT2D eigenvalue weighted by Crippen LogP contribution is -2.50. The molecule has 0 saturated carbocycles. The first-order valence-corrected chi connectivity index (χ1v) is 10.8. The van der Waals surface area contributed by atoms with Gasteiger partial charge >= 0.3 is 0 Å². The van der Waals surface area contributed by atoms with Crippen molar-refractivity contribution in [3.63, 3.8) is 0 Å². The maximum absolute atomic E-state index is 6.17. The van der Waals surface area contributed by atoms with Gasteiger partial charge in [0.25, 0.3) is 0 Å². The van der Waals surface area contributed by atoms with Crippen LogP contribution < -0.4 is 10.1 Å². The normalized spacial score (nSPS) is 23.0. The zero-order chi connectivity index (χ0) is 21.4. The fraction of sp³-hybridized carbons (Fsp3) is 0.240. The van der Waals surface area contributed by atoms with Crippen LogP contribution in [0.15, 0.2) is 77.8 Å². The van der Waals surface area contributed by atoms with E-state index in [1.54, 1.807) is 0 Å². The molecule has 1 heterocycles. The van der Waals surface area contributed by atoms with Crippen LogP contribution in [0.2, 0.25) is 10.0 Å². The minimum atomic E-state index is -0.583. The summed E-state index contributed by atoms with van der Waals surface area (Å²) in [6.45, 7) is 6.89. The third-order valence-corrected chi connectivity index (χ3v) is 6.45. The summed E-state index contributed by atoms with van der Waals surface area (Å²) in [6, 6.07) is 23.8. The molecule has 0 aliphatic carbocycles. The predicted octanol–water partition coefficient (Wildman–Crippen LogP) is 6.57. The van der Waals surface area contributed by atoms with Crippen LogP contribution in [0.3, 0.4) is 0 Å². The molecule has 3 aromatic rings. The van der Waals surface area contributed by atoms with Gasteiger partial charge in [-0.3, -0.25) is 4.99 Å². The van der Waals surface area contributed by atoms with E-state index in [1.165, 1.54) is 0 Å². The highest BCUT2D eigenvalue weighted by Crippen LogP contribution is 2.48. The standard InChI is InChI=1S/C25H24Cl2N2O/c1-4-30-22-8-6-5-7-21(22)23-28-24(2,17-9-13-19(26)14-10-17)25(3,29-23)18-11-15-20(27)16-12-18/h5-16H,4H2,1-3H3,(H,28,29)/t24-,25+. The largest absolute Gasteiger partial charge is 0.493 e. The number of amidine groups is 1. The Labute approximate surface area is 187 Å². The van der Waals surface area contributed by atoms with E-state index in [-0.39, 0.29) is 0 Å². The summed E-state index contributed by atoms with van der Waals surface area (Å²) in [6.07, 6.45) is 0. The van der Waals surface area contributed by atoms with Gasteiger partial charge in [-0.05, 0) is 68.3 Å². The summed E-state index contributed by atoms with van der Waals surface area (Å²) in [5.41, 5.74) is 2.01. The van der Waals surface area contributed by atoms with Crippen LogP contribution in [0.1, 0.15) is 37.5 Å². The number of nitrogens with zero attached hydrogens (tertiary/aromatic N) is 1. The lowest BCUT2D eigenvalue weighted by atomic mass is 9.72. The molecule has 1 aliphatic rings. The molecule has 1 aliphatic heterocycles. The van der Waals surface area contributed by atoms with E-state index >= 15 is 0 Å². The number of para-hydroxylation sites is 1. The van der Waals surface area contributed by atoms with Gasteiger partial charge in [0.05, 0.1) is 17.7 Å². The molecule has 5 heteroatoms. The van der Waals surface area contributed by atoms with Gasteiger partial charge < -0.3 is 10.1 Å². The summed E-state index contributed by atoms with van der Waals surface area (Å²) >= 11 is 12.3. The Hall–Kier alpha value is -2.49. The second-order valence-corrected chi connectivity index (χ2v) is 8.60. The second-order valence-electron chi connectivity index (χ2n) is 7.73.